The first-order valence-electron chi connectivity index (χ1n) is 7.80. The molecule has 1 amide bonds. The minimum absolute atomic E-state index is 0.0460. The minimum atomic E-state index is -3.58. The number of furan rings is 1. The van der Waals surface area contributed by atoms with Crippen molar-refractivity contribution in [3.05, 3.63) is 59.0 Å². The van der Waals surface area contributed by atoms with E-state index in [2.05, 4.69) is 0 Å². The molecular weight excluding hydrogens is 328 g/mol. The summed E-state index contributed by atoms with van der Waals surface area (Å²) in [5.41, 5.74) is 1.09. The molecule has 128 valence electrons. The van der Waals surface area contributed by atoms with Gasteiger partial charge in [-0.15, -0.1) is 0 Å². The first kappa shape index (κ1) is 16.7. The van der Waals surface area contributed by atoms with Gasteiger partial charge in [0.15, 0.2) is 0 Å². The number of nitrogens with zero attached hydrogens (tertiary/aromatic N) is 1. The van der Waals surface area contributed by atoms with Crippen LogP contribution in [0.25, 0.3) is 0 Å². The molecule has 0 unspecified atom stereocenters. The molecule has 1 fully saturated rings. The number of carbonyl (C=O) groups is 1. The van der Waals surface area contributed by atoms with Crippen LogP contribution >= 0.6 is 0 Å². The number of benzene rings is 1. The van der Waals surface area contributed by atoms with Crippen LogP contribution < -0.4 is 5.14 Å². The van der Waals surface area contributed by atoms with E-state index in [-0.39, 0.29) is 17.7 Å². The number of sulfonamides is 1. The predicted molar refractivity (Wildman–Crippen MR) is 89.7 cm³/mol. The van der Waals surface area contributed by atoms with Crippen LogP contribution in [0.2, 0.25) is 0 Å². The molecule has 24 heavy (non-hydrogen) atoms. The molecule has 0 spiro atoms. The van der Waals surface area contributed by atoms with Gasteiger partial charge in [-0.2, -0.15) is 0 Å². The third kappa shape index (κ3) is 3.68. The Bertz CT molecular complexity index is 840. The molecule has 1 aliphatic rings. The normalized spacial score (nSPS) is 18.1. The highest BCUT2D eigenvalue weighted by Crippen LogP contribution is 2.34. The molecule has 7 heteroatoms. The standard InChI is InChI=1S/C17H20N2O4S/c1-12-4-9-16(23-12)15-3-2-10-19(15)17(20)14-7-5-13(6-8-14)11-24(18,21)22/h4-9,15H,2-3,10-11H2,1H3,(H2,18,21,22)/t15-/m0/s1. The molecule has 6 nitrogen and oxygen atoms in total. The van der Waals surface area contributed by atoms with Gasteiger partial charge < -0.3 is 9.32 Å². The van der Waals surface area contributed by atoms with E-state index in [4.69, 9.17) is 9.56 Å². The molecule has 1 saturated heterocycles. The second-order valence-electron chi connectivity index (χ2n) is 6.11. The number of hydrogen-bond donors (Lipinski definition) is 1. The highest BCUT2D eigenvalue weighted by atomic mass is 32.2. The smallest absolute Gasteiger partial charge is 0.254 e. The van der Waals surface area contributed by atoms with Gasteiger partial charge in [0.2, 0.25) is 10.0 Å². The van der Waals surface area contributed by atoms with Gasteiger partial charge in [0.05, 0.1) is 11.8 Å². The number of likely N-dealkylation sites (tertiary alicyclic amines) is 1. The van der Waals surface area contributed by atoms with Crippen molar-refractivity contribution in [3.8, 4) is 0 Å². The summed E-state index contributed by atoms with van der Waals surface area (Å²) in [6.07, 6.45) is 1.81. The fourth-order valence-corrected chi connectivity index (χ4v) is 3.74. The Balaban J connectivity index is 1.78. The molecule has 0 radical (unpaired) electrons. The van der Waals surface area contributed by atoms with Gasteiger partial charge in [-0.3, -0.25) is 4.79 Å². The van der Waals surface area contributed by atoms with Crippen LogP contribution in [0.5, 0.6) is 0 Å². The van der Waals surface area contributed by atoms with E-state index in [9.17, 15) is 13.2 Å². The molecule has 1 aliphatic heterocycles. The maximum absolute atomic E-state index is 12.8. The maximum atomic E-state index is 12.8. The number of aryl methyl sites for hydroxylation is 1. The Morgan fingerprint density at radius 2 is 1.96 bits per heavy atom. The summed E-state index contributed by atoms with van der Waals surface area (Å²) in [7, 11) is -3.58. The molecule has 1 aromatic carbocycles. The van der Waals surface area contributed by atoms with E-state index in [0.29, 0.717) is 17.7 Å². The summed E-state index contributed by atoms with van der Waals surface area (Å²) in [6, 6.07) is 10.3. The first-order valence-corrected chi connectivity index (χ1v) is 9.52. The van der Waals surface area contributed by atoms with E-state index in [1.165, 1.54) is 0 Å². The number of hydrogen-bond acceptors (Lipinski definition) is 4. The lowest BCUT2D eigenvalue weighted by molar-refractivity contribution is 0.0719. The Labute approximate surface area is 141 Å². The zero-order valence-corrected chi connectivity index (χ0v) is 14.3. The molecule has 0 bridgehead atoms. The van der Waals surface area contributed by atoms with Gasteiger partial charge in [0.1, 0.15) is 11.5 Å². The maximum Gasteiger partial charge on any atom is 0.254 e. The van der Waals surface area contributed by atoms with Crippen molar-refractivity contribution in [1.82, 2.24) is 4.90 Å². The summed E-state index contributed by atoms with van der Waals surface area (Å²) >= 11 is 0. The van der Waals surface area contributed by atoms with Crippen molar-refractivity contribution < 1.29 is 17.6 Å². The molecular formula is C17H20N2O4S. The molecule has 2 aromatic rings. The Morgan fingerprint density at radius 3 is 2.54 bits per heavy atom. The highest BCUT2D eigenvalue weighted by molar-refractivity contribution is 7.88. The van der Waals surface area contributed by atoms with Gasteiger partial charge >= 0.3 is 0 Å². The lowest BCUT2D eigenvalue weighted by Gasteiger charge is -2.23. The zero-order chi connectivity index (χ0) is 17.3. The molecule has 0 saturated carbocycles. The van der Waals surface area contributed by atoms with Crippen LogP contribution in [0.15, 0.2) is 40.8 Å². The van der Waals surface area contributed by atoms with Crippen LogP contribution in [0.4, 0.5) is 0 Å². The second-order valence-corrected chi connectivity index (χ2v) is 7.72. The van der Waals surface area contributed by atoms with E-state index in [1.807, 2.05) is 24.0 Å². The predicted octanol–water partition coefficient (Wildman–Crippen LogP) is 2.35. The third-order valence-electron chi connectivity index (χ3n) is 4.17. The van der Waals surface area contributed by atoms with Crippen LogP contribution in [-0.4, -0.2) is 25.8 Å². The van der Waals surface area contributed by atoms with Crippen molar-refractivity contribution in [3.63, 3.8) is 0 Å². The average Bonchev–Trinajstić information content (AvgIpc) is 3.14. The molecule has 2 N–H and O–H groups in total. The van der Waals surface area contributed by atoms with Crippen molar-refractivity contribution in [2.24, 2.45) is 5.14 Å². The number of amides is 1. The van der Waals surface area contributed by atoms with Crippen LogP contribution in [0.1, 0.15) is 46.3 Å². The topological polar surface area (TPSA) is 93.6 Å². The quantitative estimate of drug-likeness (QED) is 0.918. The third-order valence-corrected chi connectivity index (χ3v) is 4.91. The van der Waals surface area contributed by atoms with Crippen LogP contribution in [0.3, 0.4) is 0 Å². The number of rotatable bonds is 4. The van der Waals surface area contributed by atoms with Gasteiger partial charge in [-0.25, -0.2) is 13.6 Å². The summed E-state index contributed by atoms with van der Waals surface area (Å²) in [5.74, 6) is 1.33. The largest absolute Gasteiger partial charge is 0.464 e. The van der Waals surface area contributed by atoms with Gasteiger partial charge in [-0.1, -0.05) is 12.1 Å². The zero-order valence-electron chi connectivity index (χ0n) is 13.4. The number of primary sulfonamides is 1. The lowest BCUT2D eigenvalue weighted by atomic mass is 10.1. The number of nitrogens with two attached hydrogens (primary N) is 1. The highest BCUT2D eigenvalue weighted by Gasteiger charge is 2.32. The summed E-state index contributed by atoms with van der Waals surface area (Å²) < 4.78 is 27.9. The van der Waals surface area contributed by atoms with E-state index < -0.39 is 10.0 Å². The van der Waals surface area contributed by atoms with Crippen molar-refractivity contribution in [2.75, 3.05) is 6.54 Å². The fourth-order valence-electron chi connectivity index (χ4n) is 3.08. The van der Waals surface area contributed by atoms with Crippen molar-refractivity contribution in [1.29, 1.82) is 0 Å². The molecule has 0 aliphatic carbocycles. The monoisotopic (exact) mass is 348 g/mol. The average molecular weight is 348 g/mol. The van der Waals surface area contributed by atoms with Gasteiger partial charge in [-0.05, 0) is 49.6 Å². The van der Waals surface area contributed by atoms with E-state index in [0.717, 1.165) is 24.4 Å². The summed E-state index contributed by atoms with van der Waals surface area (Å²) in [6.45, 7) is 2.57. The first-order chi connectivity index (χ1) is 11.3. The minimum Gasteiger partial charge on any atom is -0.464 e. The Morgan fingerprint density at radius 1 is 1.25 bits per heavy atom. The lowest BCUT2D eigenvalue weighted by Crippen LogP contribution is -2.30. The van der Waals surface area contributed by atoms with Gasteiger partial charge in [0, 0.05) is 12.1 Å². The summed E-state index contributed by atoms with van der Waals surface area (Å²) in [4.78, 5) is 14.6. The van der Waals surface area contributed by atoms with Crippen molar-refractivity contribution >= 4 is 15.9 Å². The second kappa shape index (κ2) is 6.41. The Kier molecular flexibility index (Phi) is 4.47. The fraction of sp³-hybridized carbons (Fsp3) is 0.353. The molecule has 2 heterocycles. The van der Waals surface area contributed by atoms with Crippen LogP contribution in [-0.2, 0) is 15.8 Å². The molecule has 3 rings (SSSR count). The van der Waals surface area contributed by atoms with E-state index in [1.54, 1.807) is 24.3 Å². The van der Waals surface area contributed by atoms with E-state index >= 15 is 0 Å². The summed E-state index contributed by atoms with van der Waals surface area (Å²) in [5, 5.41) is 5.04. The molecule has 1 atom stereocenters. The molecule has 1 aromatic heterocycles. The van der Waals surface area contributed by atoms with Crippen LogP contribution in [0, 0.1) is 6.92 Å². The van der Waals surface area contributed by atoms with Gasteiger partial charge in [0.25, 0.3) is 5.91 Å². The Hall–Kier alpha value is -2.12. The SMILES string of the molecule is Cc1ccc([C@@H]2CCCN2C(=O)c2ccc(CS(N)(=O)=O)cc2)o1. The number of carbonyl (C=O) groups excluding carboxylic acids is 1. The van der Waals surface area contributed by atoms with Crippen molar-refractivity contribution in [2.45, 2.75) is 31.6 Å².